The summed E-state index contributed by atoms with van der Waals surface area (Å²) in [5.41, 5.74) is 5.13. The van der Waals surface area contributed by atoms with E-state index in [1.165, 1.54) is 10.6 Å². The number of nitrogens with zero attached hydrogens (tertiary/aromatic N) is 6. The van der Waals surface area contributed by atoms with Crippen LogP contribution in [0.25, 0.3) is 28.2 Å². The van der Waals surface area contributed by atoms with E-state index >= 15 is 4.39 Å². The average Bonchev–Trinajstić information content (AvgIpc) is 3.57. The highest BCUT2D eigenvalue weighted by Crippen LogP contribution is 2.29. The van der Waals surface area contributed by atoms with E-state index in [4.69, 9.17) is 0 Å². The average molecular weight is 512 g/mol. The molecule has 0 amide bonds. The van der Waals surface area contributed by atoms with Gasteiger partial charge in [-0.2, -0.15) is 5.21 Å². The SMILES string of the molecule is CCCCc1cn(-c2c(F)cccc2C(C)C)c(=O)n1Cc1ccc(-c2ccccc2-c2nn[nH]n2)cn1. The number of imidazole rings is 1. The van der Waals surface area contributed by atoms with Crippen molar-refractivity contribution in [2.45, 2.75) is 52.5 Å². The first-order valence-corrected chi connectivity index (χ1v) is 12.9. The fraction of sp³-hybridized carbons (Fsp3) is 0.276. The molecule has 2 aromatic carbocycles. The summed E-state index contributed by atoms with van der Waals surface area (Å²) >= 11 is 0. The van der Waals surface area contributed by atoms with Crippen molar-refractivity contribution in [3.8, 4) is 28.2 Å². The molecule has 3 heterocycles. The van der Waals surface area contributed by atoms with Gasteiger partial charge in [-0.1, -0.05) is 69.7 Å². The van der Waals surface area contributed by atoms with E-state index in [1.54, 1.807) is 23.0 Å². The van der Waals surface area contributed by atoms with E-state index in [1.807, 2.05) is 56.3 Å². The van der Waals surface area contributed by atoms with Gasteiger partial charge in [-0.3, -0.25) is 14.1 Å². The molecule has 0 bridgehead atoms. The summed E-state index contributed by atoms with van der Waals surface area (Å²) in [6.45, 7) is 6.41. The van der Waals surface area contributed by atoms with Crippen LogP contribution < -0.4 is 5.69 Å². The number of pyridine rings is 1. The highest BCUT2D eigenvalue weighted by Gasteiger charge is 2.20. The second-order valence-corrected chi connectivity index (χ2v) is 9.61. The number of hydrogen-bond donors (Lipinski definition) is 1. The van der Waals surface area contributed by atoms with Crippen molar-refractivity contribution in [3.63, 3.8) is 0 Å². The Balaban J connectivity index is 1.51. The molecule has 0 saturated heterocycles. The van der Waals surface area contributed by atoms with Gasteiger partial charge in [0, 0.05) is 29.2 Å². The highest BCUT2D eigenvalue weighted by molar-refractivity contribution is 5.79. The van der Waals surface area contributed by atoms with E-state index in [9.17, 15) is 4.79 Å². The van der Waals surface area contributed by atoms with Gasteiger partial charge >= 0.3 is 5.69 Å². The van der Waals surface area contributed by atoms with Gasteiger partial charge in [0.2, 0.25) is 5.82 Å². The predicted molar refractivity (Wildman–Crippen MR) is 145 cm³/mol. The van der Waals surface area contributed by atoms with E-state index in [-0.39, 0.29) is 11.6 Å². The molecule has 0 aliphatic carbocycles. The Hall–Kier alpha value is -4.40. The van der Waals surface area contributed by atoms with Gasteiger partial charge in [0.1, 0.15) is 5.82 Å². The van der Waals surface area contributed by atoms with Crippen LogP contribution in [-0.2, 0) is 13.0 Å². The number of aromatic amines is 1. The summed E-state index contributed by atoms with van der Waals surface area (Å²) < 4.78 is 18.2. The molecule has 0 aliphatic heterocycles. The molecule has 0 unspecified atom stereocenters. The number of unbranched alkanes of at least 4 members (excludes halogenated alkanes) is 1. The summed E-state index contributed by atoms with van der Waals surface area (Å²) in [6, 6.07) is 16.7. The van der Waals surface area contributed by atoms with E-state index in [0.29, 0.717) is 18.1 Å². The summed E-state index contributed by atoms with van der Waals surface area (Å²) in [5, 5.41) is 14.4. The Morgan fingerprint density at radius 3 is 2.53 bits per heavy atom. The maximum absolute atomic E-state index is 15.0. The Morgan fingerprint density at radius 2 is 1.84 bits per heavy atom. The van der Waals surface area contributed by atoms with Crippen LogP contribution >= 0.6 is 0 Å². The minimum Gasteiger partial charge on any atom is -0.290 e. The summed E-state index contributed by atoms with van der Waals surface area (Å²) in [4.78, 5) is 18.3. The summed E-state index contributed by atoms with van der Waals surface area (Å²) in [7, 11) is 0. The highest BCUT2D eigenvalue weighted by atomic mass is 19.1. The van der Waals surface area contributed by atoms with Gasteiger partial charge in [-0.25, -0.2) is 9.18 Å². The molecular formula is C29H30FN7O. The Kier molecular flexibility index (Phi) is 7.26. The first-order valence-electron chi connectivity index (χ1n) is 12.9. The minimum atomic E-state index is -0.403. The molecule has 1 N–H and O–H groups in total. The minimum absolute atomic E-state index is 0.0691. The molecule has 0 radical (unpaired) electrons. The number of halogens is 1. The molecule has 0 atom stereocenters. The van der Waals surface area contributed by atoms with Crippen molar-refractivity contribution in [1.82, 2.24) is 34.7 Å². The standard InChI is InChI=1S/C29H30FN7O/c1-4-5-9-22-18-37(27-23(19(2)3)12-8-13-26(27)30)29(38)36(22)17-21-15-14-20(16-31-21)24-10-6-7-11-25(24)28-32-34-35-33-28/h6-8,10-16,18-19H,4-5,9,17H2,1-3H3,(H,32,33,34,35). The molecule has 0 aliphatic rings. The molecule has 3 aromatic heterocycles. The smallest absolute Gasteiger partial charge is 0.290 e. The van der Waals surface area contributed by atoms with E-state index in [2.05, 4.69) is 32.5 Å². The lowest BCUT2D eigenvalue weighted by molar-refractivity contribution is 0.606. The van der Waals surface area contributed by atoms with Crippen molar-refractivity contribution < 1.29 is 4.39 Å². The quantitative estimate of drug-likeness (QED) is 0.281. The lowest BCUT2D eigenvalue weighted by Crippen LogP contribution is -2.26. The number of para-hydroxylation sites is 1. The molecular weight excluding hydrogens is 481 g/mol. The van der Waals surface area contributed by atoms with Crippen LogP contribution in [0.4, 0.5) is 4.39 Å². The third-order valence-corrected chi connectivity index (χ3v) is 6.70. The Bertz CT molecular complexity index is 1580. The topological polar surface area (TPSA) is 94.3 Å². The van der Waals surface area contributed by atoms with Crippen molar-refractivity contribution in [1.29, 1.82) is 0 Å². The molecule has 0 saturated carbocycles. The first kappa shape index (κ1) is 25.3. The van der Waals surface area contributed by atoms with Crippen LogP contribution in [0, 0.1) is 5.82 Å². The van der Waals surface area contributed by atoms with Crippen LogP contribution in [0.15, 0.2) is 71.8 Å². The fourth-order valence-electron chi connectivity index (χ4n) is 4.71. The number of rotatable bonds is 9. The lowest BCUT2D eigenvalue weighted by Gasteiger charge is -2.13. The van der Waals surface area contributed by atoms with Gasteiger partial charge in [0.15, 0.2) is 0 Å². The van der Waals surface area contributed by atoms with Crippen molar-refractivity contribution >= 4 is 0 Å². The van der Waals surface area contributed by atoms with Crippen LogP contribution in [0.2, 0.25) is 0 Å². The van der Waals surface area contributed by atoms with Gasteiger partial charge in [0.05, 0.1) is 17.9 Å². The number of hydrogen-bond acceptors (Lipinski definition) is 5. The zero-order valence-corrected chi connectivity index (χ0v) is 21.7. The zero-order valence-electron chi connectivity index (χ0n) is 21.7. The van der Waals surface area contributed by atoms with Gasteiger partial charge in [-0.15, -0.1) is 10.2 Å². The maximum Gasteiger partial charge on any atom is 0.333 e. The molecule has 0 spiro atoms. The second-order valence-electron chi connectivity index (χ2n) is 9.61. The largest absolute Gasteiger partial charge is 0.333 e. The Labute approximate surface area is 220 Å². The number of nitrogens with one attached hydrogen (secondary N) is 1. The summed E-state index contributed by atoms with van der Waals surface area (Å²) in [6.07, 6.45) is 6.22. The van der Waals surface area contributed by atoms with E-state index < -0.39 is 5.82 Å². The zero-order chi connectivity index (χ0) is 26.6. The lowest BCUT2D eigenvalue weighted by atomic mass is 10.0. The number of tetrazole rings is 1. The van der Waals surface area contributed by atoms with Crippen molar-refractivity contribution in [3.05, 3.63) is 100 Å². The predicted octanol–water partition coefficient (Wildman–Crippen LogP) is 5.53. The molecule has 5 aromatic rings. The maximum atomic E-state index is 15.0. The third kappa shape index (κ3) is 4.91. The molecule has 5 rings (SSSR count). The number of H-pyrrole nitrogens is 1. The van der Waals surface area contributed by atoms with Crippen LogP contribution in [0.1, 0.15) is 56.5 Å². The molecule has 38 heavy (non-hydrogen) atoms. The Morgan fingerprint density at radius 1 is 1.03 bits per heavy atom. The van der Waals surface area contributed by atoms with Crippen LogP contribution in [0.5, 0.6) is 0 Å². The summed E-state index contributed by atoms with van der Waals surface area (Å²) in [5.74, 6) is 0.173. The van der Waals surface area contributed by atoms with Crippen LogP contribution in [-0.4, -0.2) is 34.7 Å². The first-order chi connectivity index (χ1) is 18.5. The van der Waals surface area contributed by atoms with E-state index in [0.717, 1.165) is 52.9 Å². The normalized spacial score (nSPS) is 11.4. The van der Waals surface area contributed by atoms with Crippen molar-refractivity contribution in [2.75, 3.05) is 0 Å². The third-order valence-electron chi connectivity index (χ3n) is 6.70. The fourth-order valence-corrected chi connectivity index (χ4v) is 4.71. The van der Waals surface area contributed by atoms with Gasteiger partial charge in [-0.05, 0) is 47.2 Å². The molecule has 8 nitrogen and oxygen atoms in total. The molecule has 0 fully saturated rings. The number of aryl methyl sites for hydroxylation is 1. The van der Waals surface area contributed by atoms with Gasteiger partial charge < -0.3 is 0 Å². The van der Waals surface area contributed by atoms with Crippen LogP contribution in [0.3, 0.4) is 0 Å². The second kappa shape index (κ2) is 10.9. The molecule has 194 valence electrons. The number of benzene rings is 2. The van der Waals surface area contributed by atoms with Crippen molar-refractivity contribution in [2.24, 2.45) is 0 Å². The molecule has 9 heteroatoms. The van der Waals surface area contributed by atoms with Gasteiger partial charge in [0.25, 0.3) is 0 Å². The number of aromatic nitrogens is 7. The monoisotopic (exact) mass is 511 g/mol.